The molecule has 90 valence electrons. The van der Waals surface area contributed by atoms with Gasteiger partial charge in [0.05, 0.1) is 26.0 Å². The van der Waals surface area contributed by atoms with Crippen LogP contribution in [-0.2, 0) is 11.3 Å². The summed E-state index contributed by atoms with van der Waals surface area (Å²) in [5.74, 6) is 0.626. The summed E-state index contributed by atoms with van der Waals surface area (Å²) in [5, 5.41) is 3.28. The Balaban J connectivity index is 2.21. The molecule has 1 aromatic heterocycles. The van der Waals surface area contributed by atoms with Crippen molar-refractivity contribution in [1.82, 2.24) is 10.3 Å². The molecule has 0 radical (unpaired) electrons. The van der Waals surface area contributed by atoms with Crippen molar-refractivity contribution in [2.45, 2.75) is 26.5 Å². The summed E-state index contributed by atoms with van der Waals surface area (Å²) < 4.78 is 10.5. The van der Waals surface area contributed by atoms with E-state index in [1.807, 2.05) is 18.2 Å². The van der Waals surface area contributed by atoms with Crippen molar-refractivity contribution in [3.05, 3.63) is 23.9 Å². The molecular formula is C12H20N2O2. The summed E-state index contributed by atoms with van der Waals surface area (Å²) in [6.45, 7) is 6.31. The molecule has 0 aliphatic carbocycles. The fourth-order valence-electron chi connectivity index (χ4n) is 1.25. The summed E-state index contributed by atoms with van der Waals surface area (Å²) >= 11 is 0. The molecule has 1 rings (SSSR count). The fourth-order valence-corrected chi connectivity index (χ4v) is 1.25. The lowest BCUT2D eigenvalue weighted by molar-refractivity contribution is 0.118. The third-order valence-corrected chi connectivity index (χ3v) is 2.04. The highest BCUT2D eigenvalue weighted by Gasteiger charge is 1.98. The first kappa shape index (κ1) is 12.9. The quantitative estimate of drug-likeness (QED) is 0.714. The van der Waals surface area contributed by atoms with E-state index in [-0.39, 0.29) is 0 Å². The smallest absolute Gasteiger partial charge is 0.213 e. The van der Waals surface area contributed by atoms with Gasteiger partial charge in [-0.25, -0.2) is 4.98 Å². The SMILES string of the molecule is COc1cccc(COCCNC(C)C)n1. The van der Waals surface area contributed by atoms with E-state index in [1.165, 1.54) is 0 Å². The number of ether oxygens (including phenoxy) is 2. The molecular weight excluding hydrogens is 204 g/mol. The molecule has 0 amide bonds. The highest BCUT2D eigenvalue weighted by atomic mass is 16.5. The van der Waals surface area contributed by atoms with Gasteiger partial charge in [0.2, 0.25) is 5.88 Å². The second-order valence-corrected chi connectivity index (χ2v) is 3.83. The minimum absolute atomic E-state index is 0.499. The molecule has 0 atom stereocenters. The van der Waals surface area contributed by atoms with Crippen LogP contribution in [0.15, 0.2) is 18.2 Å². The van der Waals surface area contributed by atoms with Crippen LogP contribution in [0.1, 0.15) is 19.5 Å². The molecule has 0 saturated heterocycles. The number of methoxy groups -OCH3 is 1. The van der Waals surface area contributed by atoms with E-state index in [2.05, 4.69) is 24.1 Å². The second-order valence-electron chi connectivity index (χ2n) is 3.83. The van der Waals surface area contributed by atoms with Gasteiger partial charge in [-0.05, 0) is 6.07 Å². The van der Waals surface area contributed by atoms with Gasteiger partial charge < -0.3 is 14.8 Å². The van der Waals surface area contributed by atoms with E-state index in [0.29, 0.717) is 25.1 Å². The average molecular weight is 224 g/mol. The maximum atomic E-state index is 5.49. The Labute approximate surface area is 97.0 Å². The van der Waals surface area contributed by atoms with Crippen molar-refractivity contribution in [1.29, 1.82) is 0 Å². The summed E-state index contributed by atoms with van der Waals surface area (Å²) in [4.78, 5) is 4.26. The minimum Gasteiger partial charge on any atom is -0.481 e. The van der Waals surface area contributed by atoms with Gasteiger partial charge in [-0.2, -0.15) is 0 Å². The maximum absolute atomic E-state index is 5.49. The first-order valence-electron chi connectivity index (χ1n) is 5.53. The summed E-state index contributed by atoms with van der Waals surface area (Å²) in [5.41, 5.74) is 0.892. The third kappa shape index (κ3) is 5.09. The summed E-state index contributed by atoms with van der Waals surface area (Å²) in [6, 6.07) is 6.16. The van der Waals surface area contributed by atoms with Crippen LogP contribution in [0.3, 0.4) is 0 Å². The molecule has 16 heavy (non-hydrogen) atoms. The standard InChI is InChI=1S/C12H20N2O2/c1-10(2)13-7-8-16-9-11-5-4-6-12(14-11)15-3/h4-6,10,13H,7-9H2,1-3H3. The van der Waals surface area contributed by atoms with E-state index in [0.717, 1.165) is 12.2 Å². The largest absolute Gasteiger partial charge is 0.481 e. The number of aromatic nitrogens is 1. The van der Waals surface area contributed by atoms with Gasteiger partial charge in [0, 0.05) is 18.7 Å². The number of nitrogens with one attached hydrogen (secondary N) is 1. The topological polar surface area (TPSA) is 43.4 Å². The Bertz CT molecular complexity index is 303. The van der Waals surface area contributed by atoms with Crippen LogP contribution in [0, 0.1) is 0 Å². The van der Waals surface area contributed by atoms with Crippen LogP contribution in [-0.4, -0.2) is 31.3 Å². The van der Waals surface area contributed by atoms with E-state index in [4.69, 9.17) is 9.47 Å². The monoisotopic (exact) mass is 224 g/mol. The molecule has 0 spiro atoms. The van der Waals surface area contributed by atoms with Crippen molar-refractivity contribution in [2.24, 2.45) is 0 Å². The first-order valence-corrected chi connectivity index (χ1v) is 5.53. The molecule has 4 heteroatoms. The number of pyridine rings is 1. The van der Waals surface area contributed by atoms with Gasteiger partial charge in [0.15, 0.2) is 0 Å². The Morgan fingerprint density at radius 1 is 1.38 bits per heavy atom. The highest BCUT2D eigenvalue weighted by molar-refractivity contribution is 5.14. The van der Waals surface area contributed by atoms with Crippen LogP contribution in [0.2, 0.25) is 0 Å². The van der Waals surface area contributed by atoms with Crippen LogP contribution in [0.25, 0.3) is 0 Å². The number of hydrogen-bond donors (Lipinski definition) is 1. The number of hydrogen-bond acceptors (Lipinski definition) is 4. The van der Waals surface area contributed by atoms with Crippen molar-refractivity contribution in [2.75, 3.05) is 20.3 Å². The predicted octanol–water partition coefficient (Wildman–Crippen LogP) is 1.60. The number of rotatable bonds is 7. The predicted molar refractivity (Wildman–Crippen MR) is 63.6 cm³/mol. The fraction of sp³-hybridized carbons (Fsp3) is 0.583. The third-order valence-electron chi connectivity index (χ3n) is 2.04. The molecule has 1 N–H and O–H groups in total. The van der Waals surface area contributed by atoms with Crippen molar-refractivity contribution < 1.29 is 9.47 Å². The van der Waals surface area contributed by atoms with Crippen molar-refractivity contribution in [3.63, 3.8) is 0 Å². The summed E-state index contributed by atoms with van der Waals surface area (Å²) in [7, 11) is 1.61. The zero-order chi connectivity index (χ0) is 11.8. The van der Waals surface area contributed by atoms with E-state index >= 15 is 0 Å². The van der Waals surface area contributed by atoms with E-state index in [1.54, 1.807) is 7.11 Å². The maximum Gasteiger partial charge on any atom is 0.213 e. The van der Waals surface area contributed by atoms with E-state index < -0.39 is 0 Å². The Morgan fingerprint density at radius 3 is 2.88 bits per heavy atom. The minimum atomic E-state index is 0.499. The van der Waals surface area contributed by atoms with Gasteiger partial charge in [0.1, 0.15) is 0 Å². The lowest BCUT2D eigenvalue weighted by Crippen LogP contribution is -2.26. The van der Waals surface area contributed by atoms with Crippen molar-refractivity contribution in [3.8, 4) is 5.88 Å². The van der Waals surface area contributed by atoms with Crippen LogP contribution < -0.4 is 10.1 Å². The lowest BCUT2D eigenvalue weighted by Gasteiger charge is -2.08. The molecule has 0 aliphatic rings. The Morgan fingerprint density at radius 2 is 2.19 bits per heavy atom. The zero-order valence-electron chi connectivity index (χ0n) is 10.2. The molecule has 0 unspecified atom stereocenters. The molecule has 1 heterocycles. The van der Waals surface area contributed by atoms with Crippen LogP contribution >= 0.6 is 0 Å². The molecule has 4 nitrogen and oxygen atoms in total. The van der Waals surface area contributed by atoms with Gasteiger partial charge in [0.25, 0.3) is 0 Å². The van der Waals surface area contributed by atoms with E-state index in [9.17, 15) is 0 Å². The Kier molecular flexibility index (Phi) is 5.82. The highest BCUT2D eigenvalue weighted by Crippen LogP contribution is 2.07. The Hall–Kier alpha value is -1.13. The molecule has 0 bridgehead atoms. The van der Waals surface area contributed by atoms with Gasteiger partial charge in [-0.15, -0.1) is 0 Å². The van der Waals surface area contributed by atoms with Gasteiger partial charge >= 0.3 is 0 Å². The molecule has 0 fully saturated rings. The van der Waals surface area contributed by atoms with Crippen molar-refractivity contribution >= 4 is 0 Å². The van der Waals surface area contributed by atoms with Gasteiger partial charge in [-0.1, -0.05) is 19.9 Å². The second kappa shape index (κ2) is 7.19. The van der Waals surface area contributed by atoms with Crippen LogP contribution in [0.4, 0.5) is 0 Å². The number of nitrogens with zero attached hydrogens (tertiary/aromatic N) is 1. The molecule has 1 aromatic rings. The van der Waals surface area contributed by atoms with Gasteiger partial charge in [-0.3, -0.25) is 0 Å². The molecule has 0 aromatic carbocycles. The van der Waals surface area contributed by atoms with Crippen LogP contribution in [0.5, 0.6) is 5.88 Å². The zero-order valence-corrected chi connectivity index (χ0v) is 10.2. The molecule has 0 saturated carbocycles. The average Bonchev–Trinajstić information content (AvgIpc) is 2.28. The summed E-state index contributed by atoms with van der Waals surface area (Å²) in [6.07, 6.45) is 0. The first-order chi connectivity index (χ1) is 7.72. The molecule has 0 aliphatic heterocycles. The lowest BCUT2D eigenvalue weighted by atomic mass is 10.3. The normalized spacial score (nSPS) is 10.8.